The number of hydrogen-bond acceptors (Lipinski definition) is 3. The van der Waals surface area contributed by atoms with Crippen molar-refractivity contribution in [3.05, 3.63) is 30.3 Å². The summed E-state index contributed by atoms with van der Waals surface area (Å²) in [6, 6.07) is 8.28. The van der Waals surface area contributed by atoms with Gasteiger partial charge in [0.25, 0.3) is 0 Å². The molecular formula is C8H12NO3P. The van der Waals surface area contributed by atoms with Crippen LogP contribution in [-0.2, 0) is 9.19 Å². The van der Waals surface area contributed by atoms with E-state index in [-0.39, 0.29) is 0 Å². The molecule has 1 rings (SSSR count). The van der Waals surface area contributed by atoms with Gasteiger partial charge in [-0.2, -0.15) is 5.06 Å². The summed E-state index contributed by atoms with van der Waals surface area (Å²) in [5.74, 6) is 0. The predicted octanol–water partition coefficient (Wildman–Crippen LogP) is 0.990. The average molecular weight is 201 g/mol. The third-order valence-electron chi connectivity index (χ3n) is 1.36. The molecular weight excluding hydrogens is 189 g/mol. The Balaban J connectivity index is 2.88. The van der Waals surface area contributed by atoms with Crippen LogP contribution in [-0.4, -0.2) is 24.1 Å². The van der Waals surface area contributed by atoms with E-state index in [0.717, 1.165) is 0 Å². The Morgan fingerprint density at radius 1 is 1.31 bits per heavy atom. The van der Waals surface area contributed by atoms with E-state index < -0.39 is 7.60 Å². The molecule has 1 aromatic carbocycles. The number of benzene rings is 1. The van der Waals surface area contributed by atoms with Crippen molar-refractivity contribution in [3.63, 3.8) is 0 Å². The van der Waals surface area contributed by atoms with Gasteiger partial charge in [0.15, 0.2) is 0 Å². The topological polar surface area (TPSA) is 49.8 Å². The molecule has 0 aliphatic rings. The molecule has 1 unspecified atom stereocenters. The highest BCUT2D eigenvalue weighted by atomic mass is 31.2. The van der Waals surface area contributed by atoms with Crippen LogP contribution in [0, 0.1) is 0 Å². The van der Waals surface area contributed by atoms with Gasteiger partial charge in [-0.05, 0) is 12.1 Å². The van der Waals surface area contributed by atoms with Crippen molar-refractivity contribution in [2.45, 2.75) is 0 Å². The summed E-state index contributed by atoms with van der Waals surface area (Å²) in [5.41, 5.74) is 0. The van der Waals surface area contributed by atoms with E-state index in [2.05, 4.69) is 0 Å². The number of rotatable bonds is 3. The van der Waals surface area contributed by atoms with E-state index >= 15 is 0 Å². The predicted molar refractivity (Wildman–Crippen MR) is 50.7 cm³/mol. The van der Waals surface area contributed by atoms with Crippen LogP contribution in [0.15, 0.2) is 30.3 Å². The first-order chi connectivity index (χ1) is 6.02. The lowest BCUT2D eigenvalue weighted by Crippen LogP contribution is -2.16. The van der Waals surface area contributed by atoms with Gasteiger partial charge in [0.1, 0.15) is 0 Å². The highest BCUT2D eigenvalue weighted by Crippen LogP contribution is 2.40. The maximum absolute atomic E-state index is 11.5. The summed E-state index contributed by atoms with van der Waals surface area (Å²) in [6.45, 7) is 0. The van der Waals surface area contributed by atoms with Gasteiger partial charge in [-0.1, -0.05) is 18.2 Å². The summed E-state index contributed by atoms with van der Waals surface area (Å²) in [7, 11) is -0.552. The number of hydrogen-bond donors (Lipinski definition) is 1. The van der Waals surface area contributed by atoms with Crippen LogP contribution in [0.25, 0.3) is 0 Å². The van der Waals surface area contributed by atoms with E-state index in [1.807, 2.05) is 0 Å². The fourth-order valence-electron chi connectivity index (χ4n) is 0.885. The molecule has 0 spiro atoms. The molecule has 72 valence electrons. The molecule has 0 aliphatic heterocycles. The second-order valence-electron chi connectivity index (χ2n) is 2.75. The molecule has 13 heavy (non-hydrogen) atoms. The van der Waals surface area contributed by atoms with E-state index in [9.17, 15) is 9.46 Å². The third kappa shape index (κ3) is 2.94. The summed E-state index contributed by atoms with van der Waals surface area (Å²) in [5, 5.41) is 1.51. The molecule has 5 heteroatoms. The lowest BCUT2D eigenvalue weighted by molar-refractivity contribution is -0.0111. The molecule has 0 bridgehead atoms. The summed E-state index contributed by atoms with van der Waals surface area (Å²) < 4.78 is 16.3. The molecule has 0 aliphatic carbocycles. The van der Waals surface area contributed by atoms with Gasteiger partial charge in [0, 0.05) is 14.1 Å². The van der Waals surface area contributed by atoms with Crippen molar-refractivity contribution in [1.29, 1.82) is 0 Å². The Morgan fingerprint density at radius 3 is 2.31 bits per heavy atom. The van der Waals surface area contributed by atoms with Gasteiger partial charge in [0.2, 0.25) is 0 Å². The van der Waals surface area contributed by atoms with Crippen LogP contribution in [0.3, 0.4) is 0 Å². The van der Waals surface area contributed by atoms with E-state index in [1.54, 1.807) is 44.4 Å². The minimum Gasteiger partial charge on any atom is -0.320 e. The maximum atomic E-state index is 11.5. The Morgan fingerprint density at radius 2 is 1.85 bits per heavy atom. The molecule has 0 radical (unpaired) electrons. The normalized spacial score (nSPS) is 15.7. The van der Waals surface area contributed by atoms with Crippen LogP contribution in [0.5, 0.6) is 0 Å². The monoisotopic (exact) mass is 201 g/mol. The van der Waals surface area contributed by atoms with Crippen LogP contribution in [0.4, 0.5) is 0 Å². The highest BCUT2D eigenvalue weighted by Gasteiger charge is 2.23. The van der Waals surface area contributed by atoms with Gasteiger partial charge >= 0.3 is 7.60 Å². The first-order valence-corrected chi connectivity index (χ1v) is 5.35. The Bertz CT molecular complexity index is 312. The summed E-state index contributed by atoms with van der Waals surface area (Å²) in [6.07, 6.45) is 0. The molecule has 1 N–H and O–H groups in total. The minimum absolute atomic E-state index is 0.295. The van der Waals surface area contributed by atoms with Gasteiger partial charge < -0.3 is 4.89 Å². The smallest absolute Gasteiger partial charge is 0.320 e. The molecule has 0 fully saturated rings. The summed E-state index contributed by atoms with van der Waals surface area (Å²) in [4.78, 5) is 9.45. The zero-order chi connectivity index (χ0) is 9.90. The molecule has 0 aromatic heterocycles. The van der Waals surface area contributed by atoms with Crippen LogP contribution >= 0.6 is 7.60 Å². The van der Waals surface area contributed by atoms with Gasteiger partial charge in [-0.15, -0.1) is 0 Å². The van der Waals surface area contributed by atoms with E-state index in [1.165, 1.54) is 5.06 Å². The Labute approximate surface area is 77.2 Å². The summed E-state index contributed by atoms with van der Waals surface area (Å²) >= 11 is 0. The molecule has 0 amide bonds. The minimum atomic E-state index is -3.68. The van der Waals surface area contributed by atoms with Crippen molar-refractivity contribution in [1.82, 2.24) is 5.06 Å². The SMILES string of the molecule is CN(C)OP(=O)(O)c1ccccc1. The Kier molecular flexibility index (Phi) is 3.22. The third-order valence-corrected chi connectivity index (χ3v) is 2.86. The maximum Gasteiger partial charge on any atom is 0.375 e. The average Bonchev–Trinajstić information content (AvgIpc) is 2.04. The lowest BCUT2D eigenvalue weighted by Gasteiger charge is -2.15. The van der Waals surface area contributed by atoms with Gasteiger partial charge in [-0.3, -0.25) is 4.57 Å². The largest absolute Gasteiger partial charge is 0.375 e. The van der Waals surface area contributed by atoms with Crippen molar-refractivity contribution in [2.75, 3.05) is 14.1 Å². The van der Waals surface area contributed by atoms with Crippen LogP contribution in [0.1, 0.15) is 0 Å². The fraction of sp³-hybridized carbons (Fsp3) is 0.250. The molecule has 4 nitrogen and oxygen atoms in total. The second-order valence-corrected chi connectivity index (χ2v) is 4.47. The molecule has 1 atom stereocenters. The highest BCUT2D eigenvalue weighted by molar-refractivity contribution is 7.61. The Hall–Kier alpha value is -0.670. The first kappa shape index (κ1) is 10.4. The van der Waals surface area contributed by atoms with Crippen molar-refractivity contribution < 1.29 is 14.1 Å². The van der Waals surface area contributed by atoms with Gasteiger partial charge in [-0.25, -0.2) is 4.62 Å². The fourth-order valence-corrected chi connectivity index (χ4v) is 1.97. The first-order valence-electron chi connectivity index (χ1n) is 3.78. The zero-order valence-corrected chi connectivity index (χ0v) is 8.44. The molecule has 1 aromatic rings. The molecule has 0 heterocycles. The van der Waals surface area contributed by atoms with Crippen molar-refractivity contribution >= 4 is 12.9 Å². The van der Waals surface area contributed by atoms with Crippen molar-refractivity contribution in [3.8, 4) is 0 Å². The lowest BCUT2D eigenvalue weighted by atomic mass is 10.4. The van der Waals surface area contributed by atoms with E-state index in [0.29, 0.717) is 5.30 Å². The number of hydroxylamine groups is 2. The molecule has 0 saturated heterocycles. The van der Waals surface area contributed by atoms with E-state index in [4.69, 9.17) is 4.62 Å². The zero-order valence-electron chi connectivity index (χ0n) is 7.54. The molecule has 0 saturated carbocycles. The second kappa shape index (κ2) is 4.03. The van der Waals surface area contributed by atoms with Crippen molar-refractivity contribution in [2.24, 2.45) is 0 Å². The van der Waals surface area contributed by atoms with Gasteiger partial charge in [0.05, 0.1) is 5.30 Å². The standard InChI is InChI=1S/C8H12NO3P/c1-9(2)12-13(10,11)8-6-4-3-5-7-8/h3-7H,1-2H3,(H,10,11). The number of nitrogens with zero attached hydrogens (tertiary/aromatic N) is 1. The van der Waals surface area contributed by atoms with Crippen LogP contribution in [0.2, 0.25) is 0 Å². The quantitative estimate of drug-likeness (QED) is 0.585. The van der Waals surface area contributed by atoms with Crippen LogP contribution < -0.4 is 5.30 Å².